The molecule has 2 rings (SSSR count). The van der Waals surface area contributed by atoms with Crippen molar-refractivity contribution in [3.05, 3.63) is 53.5 Å². The average Bonchev–Trinajstić information content (AvgIpc) is 2.41. The molecule has 0 N–H and O–H groups in total. The van der Waals surface area contributed by atoms with E-state index < -0.39 is 17.6 Å². The summed E-state index contributed by atoms with van der Waals surface area (Å²) in [6, 6.07) is 8.68. The summed E-state index contributed by atoms with van der Waals surface area (Å²) in [6.45, 7) is 0. The lowest BCUT2D eigenvalue weighted by molar-refractivity contribution is -0.137. The lowest BCUT2D eigenvalue weighted by Crippen LogP contribution is -2.04. The number of benzene rings is 1. The van der Waals surface area contributed by atoms with E-state index in [-0.39, 0.29) is 12.1 Å². The van der Waals surface area contributed by atoms with Crippen molar-refractivity contribution in [3.63, 3.8) is 0 Å². The molecule has 0 saturated carbocycles. The molecule has 0 atom stereocenters. The molecular formula is C14H8F4N2. The molecule has 0 fully saturated rings. The van der Waals surface area contributed by atoms with Crippen LogP contribution in [-0.2, 0) is 12.6 Å². The van der Waals surface area contributed by atoms with Gasteiger partial charge in [-0.15, -0.1) is 0 Å². The molecule has 1 aromatic carbocycles. The molecule has 0 amide bonds. The molecule has 0 aliphatic heterocycles. The highest BCUT2D eigenvalue weighted by Gasteiger charge is 2.30. The van der Waals surface area contributed by atoms with E-state index in [1.165, 1.54) is 18.2 Å². The van der Waals surface area contributed by atoms with Crippen molar-refractivity contribution in [3.8, 4) is 17.3 Å². The van der Waals surface area contributed by atoms with Gasteiger partial charge in [-0.1, -0.05) is 12.1 Å². The van der Waals surface area contributed by atoms with Gasteiger partial charge in [0.2, 0.25) is 0 Å². The van der Waals surface area contributed by atoms with Gasteiger partial charge in [0.1, 0.15) is 5.82 Å². The second-order valence-electron chi connectivity index (χ2n) is 4.04. The van der Waals surface area contributed by atoms with E-state index in [1.807, 2.05) is 0 Å². The van der Waals surface area contributed by atoms with Crippen molar-refractivity contribution < 1.29 is 17.6 Å². The highest BCUT2D eigenvalue weighted by molar-refractivity contribution is 5.59. The van der Waals surface area contributed by atoms with Crippen LogP contribution in [0.2, 0.25) is 0 Å². The van der Waals surface area contributed by atoms with Crippen LogP contribution in [0.4, 0.5) is 17.6 Å². The van der Waals surface area contributed by atoms with Gasteiger partial charge in [-0.3, -0.25) is 0 Å². The Morgan fingerprint density at radius 1 is 1.05 bits per heavy atom. The highest BCUT2D eigenvalue weighted by atomic mass is 19.4. The van der Waals surface area contributed by atoms with Crippen molar-refractivity contribution in [1.29, 1.82) is 5.26 Å². The predicted octanol–water partition coefficient (Wildman–Crippen LogP) is 3.97. The number of aromatic nitrogens is 1. The summed E-state index contributed by atoms with van der Waals surface area (Å²) >= 11 is 0. The smallest absolute Gasteiger partial charge is 0.249 e. The third kappa shape index (κ3) is 2.94. The molecule has 0 unspecified atom stereocenters. The Morgan fingerprint density at radius 2 is 1.70 bits per heavy atom. The summed E-state index contributed by atoms with van der Waals surface area (Å²) in [5.41, 5.74) is -0.0342. The van der Waals surface area contributed by atoms with Crippen molar-refractivity contribution in [2.24, 2.45) is 0 Å². The number of rotatable bonds is 2. The lowest BCUT2D eigenvalue weighted by atomic mass is 10.1. The van der Waals surface area contributed by atoms with Crippen molar-refractivity contribution in [2.45, 2.75) is 12.6 Å². The zero-order valence-electron chi connectivity index (χ0n) is 10.1. The number of hydrogen-bond donors (Lipinski definition) is 0. The van der Waals surface area contributed by atoms with Gasteiger partial charge in [-0.05, 0) is 24.3 Å². The van der Waals surface area contributed by atoms with E-state index in [9.17, 15) is 17.6 Å². The van der Waals surface area contributed by atoms with Gasteiger partial charge in [0, 0.05) is 5.56 Å². The zero-order valence-corrected chi connectivity index (χ0v) is 10.1. The minimum atomic E-state index is -4.40. The van der Waals surface area contributed by atoms with E-state index in [2.05, 4.69) is 4.98 Å². The van der Waals surface area contributed by atoms with Gasteiger partial charge in [-0.25, -0.2) is 9.37 Å². The van der Waals surface area contributed by atoms with Crippen LogP contribution >= 0.6 is 0 Å². The number of halogens is 4. The summed E-state index contributed by atoms with van der Waals surface area (Å²) in [5.74, 6) is -0.609. The fourth-order valence-corrected chi connectivity index (χ4v) is 1.67. The van der Waals surface area contributed by atoms with Gasteiger partial charge in [0.05, 0.1) is 29.4 Å². The van der Waals surface area contributed by atoms with E-state index in [0.717, 1.165) is 18.2 Å². The van der Waals surface area contributed by atoms with Gasteiger partial charge >= 0.3 is 6.18 Å². The van der Waals surface area contributed by atoms with Crippen LogP contribution in [0.3, 0.4) is 0 Å². The lowest BCUT2D eigenvalue weighted by Gasteiger charge is -2.08. The molecule has 2 aromatic rings. The minimum Gasteiger partial charge on any atom is -0.249 e. The topological polar surface area (TPSA) is 36.7 Å². The number of hydrogen-bond acceptors (Lipinski definition) is 2. The van der Waals surface area contributed by atoms with Crippen molar-refractivity contribution >= 4 is 0 Å². The second kappa shape index (κ2) is 5.29. The molecule has 2 nitrogen and oxygen atoms in total. The molecule has 1 aromatic heterocycles. The third-order valence-corrected chi connectivity index (χ3v) is 2.67. The van der Waals surface area contributed by atoms with Gasteiger partial charge < -0.3 is 0 Å². The maximum Gasteiger partial charge on any atom is 0.416 e. The Bertz CT molecular complexity index is 654. The molecular weight excluding hydrogens is 272 g/mol. The van der Waals surface area contributed by atoms with Crippen molar-refractivity contribution in [1.82, 2.24) is 4.98 Å². The molecule has 0 saturated heterocycles. The maximum atomic E-state index is 13.3. The zero-order chi connectivity index (χ0) is 14.8. The predicted molar refractivity (Wildman–Crippen MR) is 64.0 cm³/mol. The van der Waals surface area contributed by atoms with Crippen LogP contribution in [0, 0.1) is 17.1 Å². The van der Waals surface area contributed by atoms with Crippen LogP contribution < -0.4 is 0 Å². The van der Waals surface area contributed by atoms with Crippen LogP contribution in [0.15, 0.2) is 36.4 Å². The molecule has 0 aliphatic rings. The summed E-state index contributed by atoms with van der Waals surface area (Å²) in [4.78, 5) is 3.95. The molecule has 6 heteroatoms. The summed E-state index contributed by atoms with van der Waals surface area (Å²) in [7, 11) is 0. The summed E-state index contributed by atoms with van der Waals surface area (Å²) in [5, 5.41) is 8.55. The molecule has 1 heterocycles. The Kier molecular flexibility index (Phi) is 3.70. The Balaban J connectivity index is 2.37. The number of pyridine rings is 1. The highest BCUT2D eigenvalue weighted by Crippen LogP contribution is 2.30. The normalized spacial score (nSPS) is 11.2. The molecule has 102 valence electrons. The number of nitrogens with zero attached hydrogens (tertiary/aromatic N) is 2. The SMILES string of the molecule is N#CCc1nc(-c2ccc(C(F)(F)F)cc2)ccc1F. The first-order valence-corrected chi connectivity index (χ1v) is 5.62. The van der Waals surface area contributed by atoms with Crippen LogP contribution in [0.5, 0.6) is 0 Å². The quantitative estimate of drug-likeness (QED) is 0.780. The standard InChI is InChI=1S/C14H8F4N2/c15-11-5-6-12(20-13(11)7-8-19)9-1-3-10(4-2-9)14(16,17)18/h1-6H,7H2. The largest absolute Gasteiger partial charge is 0.416 e. The summed E-state index contributed by atoms with van der Waals surface area (Å²) < 4.78 is 50.6. The fraction of sp³-hybridized carbons (Fsp3) is 0.143. The van der Waals surface area contributed by atoms with Crippen molar-refractivity contribution in [2.75, 3.05) is 0 Å². The minimum absolute atomic E-state index is 0.0232. The van der Waals surface area contributed by atoms with Crippen LogP contribution in [0.1, 0.15) is 11.3 Å². The van der Waals surface area contributed by atoms with E-state index >= 15 is 0 Å². The second-order valence-corrected chi connectivity index (χ2v) is 4.04. The Labute approximate surface area is 112 Å². The van der Waals surface area contributed by atoms with E-state index in [4.69, 9.17) is 5.26 Å². The van der Waals surface area contributed by atoms with Crippen LogP contribution in [0.25, 0.3) is 11.3 Å². The average molecular weight is 280 g/mol. The van der Waals surface area contributed by atoms with E-state index in [0.29, 0.717) is 11.3 Å². The Hall–Kier alpha value is -2.42. The number of nitriles is 1. The van der Waals surface area contributed by atoms with Gasteiger partial charge in [0.25, 0.3) is 0 Å². The molecule has 0 aliphatic carbocycles. The first kappa shape index (κ1) is 14.0. The number of alkyl halides is 3. The molecule has 20 heavy (non-hydrogen) atoms. The molecule has 0 radical (unpaired) electrons. The molecule has 0 bridgehead atoms. The van der Waals surface area contributed by atoms with Gasteiger partial charge in [0.15, 0.2) is 0 Å². The maximum absolute atomic E-state index is 13.3. The Morgan fingerprint density at radius 3 is 2.25 bits per heavy atom. The molecule has 0 spiro atoms. The third-order valence-electron chi connectivity index (χ3n) is 2.67. The first-order valence-electron chi connectivity index (χ1n) is 5.62. The fourth-order valence-electron chi connectivity index (χ4n) is 1.67. The first-order chi connectivity index (χ1) is 9.41. The van der Waals surface area contributed by atoms with Gasteiger partial charge in [-0.2, -0.15) is 18.4 Å². The monoisotopic (exact) mass is 280 g/mol. The van der Waals surface area contributed by atoms with E-state index in [1.54, 1.807) is 6.07 Å². The van der Waals surface area contributed by atoms with Crippen LogP contribution in [-0.4, -0.2) is 4.98 Å². The summed E-state index contributed by atoms with van der Waals surface area (Å²) in [6.07, 6.45) is -4.60.